The lowest BCUT2D eigenvalue weighted by Gasteiger charge is -2.21. The second-order valence-electron chi connectivity index (χ2n) is 25.5. The number of esters is 4. The van der Waals surface area contributed by atoms with Gasteiger partial charge in [0.2, 0.25) is 0 Å². The number of hydrogen-bond acceptors (Lipinski definition) is 15. The Balaban J connectivity index is 5.24. The smallest absolute Gasteiger partial charge is 0.462 e. The van der Waals surface area contributed by atoms with Crippen LogP contribution in [0, 0.1) is 11.8 Å². The van der Waals surface area contributed by atoms with Crippen molar-refractivity contribution in [3.63, 3.8) is 0 Å². The fourth-order valence-corrected chi connectivity index (χ4v) is 11.8. The summed E-state index contributed by atoms with van der Waals surface area (Å²) in [5.41, 5.74) is 0. The number of carbonyl (C=O) groups excluding carboxylic acids is 4. The van der Waals surface area contributed by atoms with Gasteiger partial charge in [-0.15, -0.1) is 0 Å². The predicted molar refractivity (Wildman–Crippen MR) is 349 cm³/mol. The summed E-state index contributed by atoms with van der Waals surface area (Å²) in [6.45, 7) is 9.42. The largest absolute Gasteiger partial charge is 0.472 e. The third kappa shape index (κ3) is 62.6. The highest BCUT2D eigenvalue weighted by atomic mass is 31.2. The highest BCUT2D eigenvalue weighted by Gasteiger charge is 2.30. The summed E-state index contributed by atoms with van der Waals surface area (Å²) < 4.78 is 68.2. The van der Waals surface area contributed by atoms with E-state index < -0.39 is 97.5 Å². The molecule has 0 saturated heterocycles. The first-order chi connectivity index (χ1) is 41.9. The Morgan fingerprint density at radius 1 is 0.310 bits per heavy atom. The molecule has 0 fully saturated rings. The fraction of sp³-hybridized carbons (Fsp3) is 0.941. The van der Waals surface area contributed by atoms with E-state index in [1.54, 1.807) is 0 Å². The van der Waals surface area contributed by atoms with Crippen LogP contribution in [0.2, 0.25) is 0 Å². The van der Waals surface area contributed by atoms with Crippen LogP contribution in [0.3, 0.4) is 0 Å². The van der Waals surface area contributed by atoms with Gasteiger partial charge in [0, 0.05) is 25.7 Å². The van der Waals surface area contributed by atoms with Crippen molar-refractivity contribution >= 4 is 39.5 Å². The molecule has 0 aliphatic carbocycles. The van der Waals surface area contributed by atoms with Gasteiger partial charge >= 0.3 is 39.5 Å². The lowest BCUT2D eigenvalue weighted by atomic mass is 10.0. The van der Waals surface area contributed by atoms with Crippen LogP contribution in [0.4, 0.5) is 0 Å². The van der Waals surface area contributed by atoms with Gasteiger partial charge in [-0.1, -0.05) is 292 Å². The molecule has 0 aliphatic heterocycles. The Hall–Kier alpha value is -1.94. The summed E-state index contributed by atoms with van der Waals surface area (Å²) in [4.78, 5) is 72.4. The minimum absolute atomic E-state index is 0.103. The zero-order chi connectivity index (χ0) is 64.3. The van der Waals surface area contributed by atoms with Crippen LogP contribution in [0.25, 0.3) is 0 Å². The van der Waals surface area contributed by atoms with E-state index in [0.717, 1.165) is 96.3 Å². The van der Waals surface area contributed by atoms with Crippen molar-refractivity contribution in [1.29, 1.82) is 0 Å². The molecule has 0 bridgehead atoms. The lowest BCUT2D eigenvalue weighted by molar-refractivity contribution is -0.161. The van der Waals surface area contributed by atoms with Gasteiger partial charge in [0.05, 0.1) is 26.4 Å². The standard InChI is InChI=1S/C68H132O17P2/c1-7-9-11-13-15-17-19-21-23-25-27-33-40-46-52-67(72)84-63(56-78-65(70)50-44-38-32-26-24-22-20-18-16-14-12-10-8-2)58-82-86(74,75)80-54-62(69)55-81-87(76,77)83-59-64(85-68(73)53-47-41-35-29-31-37-43-49-61(5)6)57-79-66(71)51-45-39-34-28-30-36-42-48-60(3)4/h60-64,69H,7-59H2,1-6H3,(H,74,75)(H,76,77)/t62-,63-,64-/m1/s1. The first-order valence-corrected chi connectivity index (χ1v) is 38.5. The number of aliphatic hydroxyl groups excluding tert-OH is 1. The van der Waals surface area contributed by atoms with Crippen molar-refractivity contribution in [1.82, 2.24) is 0 Å². The van der Waals surface area contributed by atoms with Crippen molar-refractivity contribution in [2.45, 2.75) is 362 Å². The molecule has 0 saturated carbocycles. The number of unbranched alkanes of at least 4 members (excludes halogenated alkanes) is 37. The number of aliphatic hydroxyl groups is 1. The molecule has 2 unspecified atom stereocenters. The maximum absolute atomic E-state index is 13.0. The minimum Gasteiger partial charge on any atom is -0.462 e. The number of ether oxygens (including phenoxy) is 4. The molecule has 0 aromatic heterocycles. The summed E-state index contributed by atoms with van der Waals surface area (Å²) in [6, 6.07) is 0. The zero-order valence-corrected chi connectivity index (χ0v) is 58.1. The van der Waals surface area contributed by atoms with E-state index in [-0.39, 0.29) is 25.7 Å². The summed E-state index contributed by atoms with van der Waals surface area (Å²) in [7, 11) is -9.89. The van der Waals surface area contributed by atoms with Gasteiger partial charge in [0.25, 0.3) is 0 Å². The third-order valence-electron chi connectivity index (χ3n) is 15.7. The molecule has 0 radical (unpaired) electrons. The first kappa shape index (κ1) is 85.1. The Morgan fingerprint density at radius 2 is 0.529 bits per heavy atom. The second kappa shape index (κ2) is 60.3. The van der Waals surface area contributed by atoms with E-state index in [1.165, 1.54) is 154 Å². The van der Waals surface area contributed by atoms with E-state index in [1.807, 2.05) is 0 Å². The number of rotatable bonds is 67. The average Bonchev–Trinajstić information content (AvgIpc) is 3.68. The Morgan fingerprint density at radius 3 is 0.782 bits per heavy atom. The molecule has 0 aromatic rings. The van der Waals surface area contributed by atoms with E-state index in [2.05, 4.69) is 41.5 Å². The molecule has 0 spiro atoms. The van der Waals surface area contributed by atoms with Crippen molar-refractivity contribution in [3.05, 3.63) is 0 Å². The maximum atomic E-state index is 13.0. The topological polar surface area (TPSA) is 237 Å². The summed E-state index contributed by atoms with van der Waals surface area (Å²) in [5, 5.41) is 10.6. The van der Waals surface area contributed by atoms with E-state index in [4.69, 9.17) is 37.0 Å². The maximum Gasteiger partial charge on any atom is 0.472 e. The van der Waals surface area contributed by atoms with Crippen LogP contribution >= 0.6 is 15.6 Å². The number of phosphoric acid groups is 2. The van der Waals surface area contributed by atoms with E-state index in [9.17, 15) is 43.2 Å². The molecule has 3 N–H and O–H groups in total. The predicted octanol–water partition coefficient (Wildman–Crippen LogP) is 19.2. The molecule has 87 heavy (non-hydrogen) atoms. The summed E-state index contributed by atoms with van der Waals surface area (Å²) in [5.74, 6) is -0.728. The van der Waals surface area contributed by atoms with Crippen molar-refractivity contribution < 1.29 is 80.2 Å². The summed E-state index contributed by atoms with van der Waals surface area (Å²) >= 11 is 0. The Bertz CT molecular complexity index is 1700. The quantitative estimate of drug-likeness (QED) is 0.0222. The number of phosphoric ester groups is 2. The van der Waals surface area contributed by atoms with Gasteiger partial charge in [-0.2, -0.15) is 0 Å². The van der Waals surface area contributed by atoms with E-state index in [0.29, 0.717) is 37.5 Å². The van der Waals surface area contributed by atoms with Crippen LogP contribution in [0.1, 0.15) is 343 Å². The summed E-state index contributed by atoms with van der Waals surface area (Å²) in [6.07, 6.45) is 44.5. The molecule has 0 aromatic carbocycles. The number of carbonyl (C=O) groups is 4. The molecular weight excluding hydrogens is 1150 g/mol. The van der Waals surface area contributed by atoms with Crippen LogP contribution < -0.4 is 0 Å². The number of hydrogen-bond donors (Lipinski definition) is 3. The van der Waals surface area contributed by atoms with Crippen molar-refractivity contribution in [2.75, 3.05) is 39.6 Å². The van der Waals surface area contributed by atoms with Crippen molar-refractivity contribution in [2.24, 2.45) is 11.8 Å². The van der Waals surface area contributed by atoms with Crippen LogP contribution in [0.15, 0.2) is 0 Å². The highest BCUT2D eigenvalue weighted by Crippen LogP contribution is 2.45. The molecule has 17 nitrogen and oxygen atoms in total. The van der Waals surface area contributed by atoms with Crippen LogP contribution in [-0.2, 0) is 65.4 Å². The van der Waals surface area contributed by atoms with Gasteiger partial charge < -0.3 is 33.8 Å². The molecule has 0 rings (SSSR count). The SMILES string of the molecule is CCCCCCCCCCCCCCCCC(=O)O[C@H](COC(=O)CCCCCCCCCCCCCCC)COP(=O)(O)OC[C@@H](O)COP(=O)(O)OC[C@@H](COC(=O)CCCCCCCCCC(C)C)OC(=O)CCCCCCCCCC(C)C. The Labute approximate surface area is 530 Å². The molecular formula is C68H132O17P2. The molecule has 516 valence electrons. The normalized spacial score (nSPS) is 14.2. The van der Waals surface area contributed by atoms with Crippen LogP contribution in [-0.4, -0.2) is 96.7 Å². The van der Waals surface area contributed by atoms with Gasteiger partial charge in [0.15, 0.2) is 12.2 Å². The second-order valence-corrected chi connectivity index (χ2v) is 28.4. The molecule has 19 heteroatoms. The van der Waals surface area contributed by atoms with Crippen LogP contribution in [0.5, 0.6) is 0 Å². The lowest BCUT2D eigenvalue weighted by Crippen LogP contribution is -2.30. The van der Waals surface area contributed by atoms with E-state index >= 15 is 0 Å². The van der Waals surface area contributed by atoms with Gasteiger partial charge in [-0.25, -0.2) is 9.13 Å². The first-order valence-electron chi connectivity index (χ1n) is 35.5. The zero-order valence-electron chi connectivity index (χ0n) is 56.3. The third-order valence-corrected chi connectivity index (χ3v) is 17.6. The van der Waals surface area contributed by atoms with Crippen molar-refractivity contribution in [3.8, 4) is 0 Å². The molecule has 5 atom stereocenters. The molecule has 0 heterocycles. The molecule has 0 amide bonds. The van der Waals surface area contributed by atoms with Gasteiger partial charge in [-0.05, 0) is 37.5 Å². The highest BCUT2D eigenvalue weighted by molar-refractivity contribution is 7.47. The Kier molecular flexibility index (Phi) is 59.0. The van der Waals surface area contributed by atoms with Gasteiger partial charge in [0.1, 0.15) is 19.3 Å². The minimum atomic E-state index is -4.95. The average molecular weight is 1280 g/mol. The van der Waals surface area contributed by atoms with Gasteiger partial charge in [-0.3, -0.25) is 37.3 Å². The fourth-order valence-electron chi connectivity index (χ4n) is 10.2. The monoisotopic (exact) mass is 1280 g/mol. The molecule has 0 aliphatic rings.